The average molecular weight is 240 g/mol. The van der Waals surface area contributed by atoms with Gasteiger partial charge in [0.05, 0.1) is 0 Å². The van der Waals surface area contributed by atoms with Gasteiger partial charge in [0.25, 0.3) is 0 Å². The number of hydrogen-bond donors (Lipinski definition) is 1. The van der Waals surface area contributed by atoms with Crippen LogP contribution in [0.25, 0.3) is 11.1 Å². The van der Waals surface area contributed by atoms with Gasteiger partial charge in [0.2, 0.25) is 0 Å². The lowest BCUT2D eigenvalue weighted by atomic mass is 9.98. The molecule has 18 heavy (non-hydrogen) atoms. The summed E-state index contributed by atoms with van der Waals surface area (Å²) >= 11 is 0. The number of hydrogen-bond acceptors (Lipinski definition) is 1. The molecule has 0 aromatic heterocycles. The first-order chi connectivity index (χ1) is 8.70. The highest BCUT2D eigenvalue weighted by atomic mass is 16.2. The fourth-order valence-corrected chi connectivity index (χ4v) is 2.05. The normalized spacial score (nSPS) is 10.9. The van der Waals surface area contributed by atoms with E-state index in [1.54, 1.807) is 0 Å². The Morgan fingerprint density at radius 2 is 1.33 bits per heavy atom. The summed E-state index contributed by atoms with van der Waals surface area (Å²) in [6.45, 7) is 4.62. The molecule has 1 nitrogen and oxygen atoms in total. The molecule has 2 aromatic carbocycles. The van der Waals surface area contributed by atoms with Gasteiger partial charge in [-0.15, -0.1) is 0 Å². The summed E-state index contributed by atoms with van der Waals surface area (Å²) in [4.78, 5) is 0. The molecule has 0 spiro atoms. The molecule has 0 heterocycles. The van der Waals surface area contributed by atoms with E-state index >= 15 is 0 Å². The molecule has 0 unspecified atom stereocenters. The van der Waals surface area contributed by atoms with Crippen molar-refractivity contribution in [2.75, 3.05) is 6.61 Å². The van der Waals surface area contributed by atoms with Crippen molar-refractivity contribution in [1.82, 2.24) is 0 Å². The number of benzene rings is 2. The van der Waals surface area contributed by atoms with Crippen LogP contribution in [0.15, 0.2) is 48.5 Å². The smallest absolute Gasteiger partial charge is 0.0471 e. The minimum absolute atomic E-state index is 0.211. The van der Waals surface area contributed by atoms with Crippen LogP contribution in [0.2, 0.25) is 0 Å². The molecule has 0 aliphatic rings. The molecule has 0 saturated heterocycles. The van der Waals surface area contributed by atoms with E-state index in [-0.39, 0.29) is 6.61 Å². The number of rotatable bonds is 4. The molecular formula is C17H20O. The Balaban J connectivity index is 2.20. The van der Waals surface area contributed by atoms with Gasteiger partial charge >= 0.3 is 0 Å². The van der Waals surface area contributed by atoms with Crippen LogP contribution in [-0.4, -0.2) is 11.7 Å². The molecule has 2 rings (SSSR count). The largest absolute Gasteiger partial charge is 0.396 e. The summed E-state index contributed by atoms with van der Waals surface area (Å²) in [6, 6.07) is 17.2. The van der Waals surface area contributed by atoms with Crippen LogP contribution in [0.3, 0.4) is 0 Å². The predicted octanol–water partition coefficient (Wildman–Crippen LogP) is 4.01. The summed E-state index contributed by atoms with van der Waals surface area (Å²) < 4.78 is 0. The van der Waals surface area contributed by atoms with E-state index in [2.05, 4.69) is 62.4 Å². The van der Waals surface area contributed by atoms with Gasteiger partial charge in [0.1, 0.15) is 0 Å². The zero-order chi connectivity index (χ0) is 13.0. The van der Waals surface area contributed by atoms with Crippen molar-refractivity contribution in [3.8, 4) is 11.1 Å². The van der Waals surface area contributed by atoms with E-state index < -0.39 is 0 Å². The standard InChI is InChI=1S/C17H20O/c1-13(2)15-7-9-17(10-8-15)16-5-3-14(4-6-16)11-12-18/h3-10,13,18H,11-12H2,1-2H3. The summed E-state index contributed by atoms with van der Waals surface area (Å²) in [5.41, 5.74) is 5.03. The van der Waals surface area contributed by atoms with E-state index in [4.69, 9.17) is 5.11 Å². The van der Waals surface area contributed by atoms with Crippen molar-refractivity contribution >= 4 is 0 Å². The lowest BCUT2D eigenvalue weighted by Crippen LogP contribution is -1.90. The highest BCUT2D eigenvalue weighted by Crippen LogP contribution is 2.23. The highest BCUT2D eigenvalue weighted by Gasteiger charge is 2.01. The molecule has 0 bridgehead atoms. The van der Waals surface area contributed by atoms with E-state index in [0.717, 1.165) is 6.42 Å². The first-order valence-electron chi connectivity index (χ1n) is 6.51. The summed E-state index contributed by atoms with van der Waals surface area (Å²) in [6.07, 6.45) is 0.729. The molecule has 0 atom stereocenters. The Bertz CT molecular complexity index is 480. The van der Waals surface area contributed by atoms with Gasteiger partial charge in [0.15, 0.2) is 0 Å². The molecule has 94 valence electrons. The Morgan fingerprint density at radius 1 is 0.833 bits per heavy atom. The third-order valence-electron chi connectivity index (χ3n) is 3.27. The molecule has 0 amide bonds. The molecule has 0 aliphatic carbocycles. The molecule has 0 fully saturated rings. The van der Waals surface area contributed by atoms with Crippen molar-refractivity contribution in [3.63, 3.8) is 0 Å². The van der Waals surface area contributed by atoms with Gasteiger partial charge < -0.3 is 5.11 Å². The van der Waals surface area contributed by atoms with E-state index in [9.17, 15) is 0 Å². The lowest BCUT2D eigenvalue weighted by Gasteiger charge is -2.07. The second-order valence-corrected chi connectivity index (χ2v) is 4.95. The molecule has 0 aliphatic heterocycles. The van der Waals surface area contributed by atoms with Crippen LogP contribution in [0.5, 0.6) is 0 Å². The SMILES string of the molecule is CC(C)c1ccc(-c2ccc(CCO)cc2)cc1. The van der Waals surface area contributed by atoms with Crippen LogP contribution in [0, 0.1) is 0 Å². The van der Waals surface area contributed by atoms with Gasteiger partial charge in [-0.2, -0.15) is 0 Å². The van der Waals surface area contributed by atoms with E-state index in [1.807, 2.05) is 0 Å². The monoisotopic (exact) mass is 240 g/mol. The zero-order valence-corrected chi connectivity index (χ0v) is 11.1. The van der Waals surface area contributed by atoms with Crippen LogP contribution >= 0.6 is 0 Å². The van der Waals surface area contributed by atoms with Crippen molar-refractivity contribution in [2.45, 2.75) is 26.2 Å². The minimum atomic E-state index is 0.211. The summed E-state index contributed by atoms with van der Waals surface area (Å²) in [7, 11) is 0. The van der Waals surface area contributed by atoms with Crippen LogP contribution in [-0.2, 0) is 6.42 Å². The Hall–Kier alpha value is -1.60. The minimum Gasteiger partial charge on any atom is -0.396 e. The van der Waals surface area contributed by atoms with E-state index in [1.165, 1.54) is 22.3 Å². The van der Waals surface area contributed by atoms with Crippen LogP contribution in [0.4, 0.5) is 0 Å². The third kappa shape index (κ3) is 2.99. The maximum Gasteiger partial charge on any atom is 0.0471 e. The second kappa shape index (κ2) is 5.83. The van der Waals surface area contributed by atoms with Gasteiger partial charge in [-0.25, -0.2) is 0 Å². The first-order valence-corrected chi connectivity index (χ1v) is 6.51. The first kappa shape index (κ1) is 12.8. The Labute approximate surface area is 109 Å². The van der Waals surface area contributed by atoms with Gasteiger partial charge in [0, 0.05) is 6.61 Å². The van der Waals surface area contributed by atoms with Gasteiger partial charge in [-0.1, -0.05) is 62.4 Å². The topological polar surface area (TPSA) is 20.2 Å². The fourth-order valence-electron chi connectivity index (χ4n) is 2.05. The molecule has 1 N–H and O–H groups in total. The predicted molar refractivity (Wildman–Crippen MR) is 76.8 cm³/mol. The Kier molecular flexibility index (Phi) is 4.16. The van der Waals surface area contributed by atoms with Crippen LogP contribution in [0.1, 0.15) is 30.9 Å². The quantitative estimate of drug-likeness (QED) is 0.856. The highest BCUT2D eigenvalue weighted by molar-refractivity contribution is 5.64. The lowest BCUT2D eigenvalue weighted by molar-refractivity contribution is 0.299. The molecule has 0 saturated carbocycles. The van der Waals surface area contributed by atoms with E-state index in [0.29, 0.717) is 5.92 Å². The fraction of sp³-hybridized carbons (Fsp3) is 0.294. The maximum atomic E-state index is 8.89. The van der Waals surface area contributed by atoms with Crippen molar-refractivity contribution in [2.24, 2.45) is 0 Å². The number of aliphatic hydroxyl groups is 1. The molecule has 2 aromatic rings. The van der Waals surface area contributed by atoms with Crippen LogP contribution < -0.4 is 0 Å². The molecular weight excluding hydrogens is 220 g/mol. The van der Waals surface area contributed by atoms with Crippen molar-refractivity contribution < 1.29 is 5.11 Å². The second-order valence-electron chi connectivity index (χ2n) is 4.95. The number of aliphatic hydroxyl groups excluding tert-OH is 1. The average Bonchev–Trinajstić information content (AvgIpc) is 2.40. The maximum absolute atomic E-state index is 8.89. The Morgan fingerprint density at radius 3 is 1.78 bits per heavy atom. The summed E-state index contributed by atoms with van der Waals surface area (Å²) in [5.74, 6) is 0.575. The molecule has 1 heteroatoms. The van der Waals surface area contributed by atoms with Gasteiger partial charge in [-0.3, -0.25) is 0 Å². The van der Waals surface area contributed by atoms with Gasteiger partial charge in [-0.05, 0) is 34.6 Å². The third-order valence-corrected chi connectivity index (χ3v) is 3.27. The molecule has 0 radical (unpaired) electrons. The summed E-state index contributed by atoms with van der Waals surface area (Å²) in [5, 5.41) is 8.89. The van der Waals surface area contributed by atoms with Crippen molar-refractivity contribution in [3.05, 3.63) is 59.7 Å². The zero-order valence-electron chi connectivity index (χ0n) is 11.1. The van der Waals surface area contributed by atoms with Crippen molar-refractivity contribution in [1.29, 1.82) is 0 Å².